The molecular weight excluding hydrogens is 216 g/mol. The molecule has 0 N–H and O–H groups in total. The largest absolute Gasteiger partial charge is 0.463 e. The van der Waals surface area contributed by atoms with Crippen molar-refractivity contribution in [3.8, 4) is 0 Å². The number of carbonyl (C=O) groups excluding carboxylic acids is 2. The molecule has 1 heterocycles. The average molecular weight is 228 g/mol. The number of hydrogen-bond donors (Lipinski definition) is 0. The van der Waals surface area contributed by atoms with E-state index < -0.39 is 17.7 Å². The second-order valence-corrected chi connectivity index (χ2v) is 3.89. The minimum absolute atomic E-state index is 0.322. The van der Waals surface area contributed by atoms with Gasteiger partial charge in [-0.2, -0.15) is 0 Å². The predicted molar refractivity (Wildman–Crippen MR) is 50.8 cm³/mol. The molecule has 0 radical (unpaired) electrons. The molecule has 8 nitrogen and oxygen atoms in total. The van der Waals surface area contributed by atoms with E-state index in [-0.39, 0.29) is 5.82 Å². The lowest BCUT2D eigenvalue weighted by Crippen LogP contribution is -2.30. The van der Waals surface area contributed by atoms with Crippen LogP contribution in [0.4, 0.5) is 4.79 Å². The maximum atomic E-state index is 11.6. The third-order valence-electron chi connectivity index (χ3n) is 1.40. The first-order chi connectivity index (χ1) is 7.35. The Bertz CT molecular complexity index is 406. The molecule has 1 aromatic rings. The summed E-state index contributed by atoms with van der Waals surface area (Å²) in [6, 6.07) is 0. The van der Waals surface area contributed by atoms with Gasteiger partial charge in [-0.3, -0.25) is 0 Å². The molecule has 1 rings (SSSR count). The van der Waals surface area contributed by atoms with Gasteiger partial charge >= 0.3 is 12.1 Å². The summed E-state index contributed by atoms with van der Waals surface area (Å²) in [4.78, 5) is 22.7. The lowest BCUT2D eigenvalue weighted by atomic mass is 10.2. The molecule has 0 amide bonds. The zero-order valence-electron chi connectivity index (χ0n) is 9.42. The van der Waals surface area contributed by atoms with Gasteiger partial charge in [-0.25, -0.2) is 9.59 Å². The molecule has 88 valence electrons. The molecule has 16 heavy (non-hydrogen) atoms. The number of carbonyl (C=O) groups is 2. The van der Waals surface area contributed by atoms with Crippen LogP contribution in [0.2, 0.25) is 0 Å². The van der Waals surface area contributed by atoms with Crippen LogP contribution in [0.3, 0.4) is 0 Å². The van der Waals surface area contributed by atoms with E-state index >= 15 is 0 Å². The first-order valence-corrected chi connectivity index (χ1v) is 4.45. The van der Waals surface area contributed by atoms with Crippen molar-refractivity contribution in [3.05, 3.63) is 5.82 Å². The Morgan fingerprint density at radius 3 is 2.44 bits per heavy atom. The Hall–Kier alpha value is -1.99. The first-order valence-electron chi connectivity index (χ1n) is 4.45. The number of aromatic nitrogens is 4. The smallest absolute Gasteiger partial charge is 0.438 e. The normalized spacial score (nSPS) is 11.0. The SMILES string of the molecule is COC(=O)c1nnnn1C(=O)OC(C)(C)C. The van der Waals surface area contributed by atoms with E-state index in [9.17, 15) is 9.59 Å². The third kappa shape index (κ3) is 2.75. The maximum Gasteiger partial charge on any atom is 0.438 e. The highest BCUT2D eigenvalue weighted by atomic mass is 16.6. The number of tetrazole rings is 1. The van der Waals surface area contributed by atoms with Crippen molar-refractivity contribution in [2.45, 2.75) is 26.4 Å². The van der Waals surface area contributed by atoms with Gasteiger partial charge in [0.15, 0.2) is 0 Å². The van der Waals surface area contributed by atoms with E-state index in [4.69, 9.17) is 4.74 Å². The van der Waals surface area contributed by atoms with E-state index in [0.29, 0.717) is 4.68 Å². The van der Waals surface area contributed by atoms with Crippen LogP contribution >= 0.6 is 0 Å². The van der Waals surface area contributed by atoms with Crippen molar-refractivity contribution in [1.82, 2.24) is 20.2 Å². The summed E-state index contributed by atoms with van der Waals surface area (Å²) < 4.78 is 10.0. The van der Waals surface area contributed by atoms with Crippen LogP contribution in [-0.4, -0.2) is 45.0 Å². The second-order valence-electron chi connectivity index (χ2n) is 3.89. The topological polar surface area (TPSA) is 96.2 Å². The van der Waals surface area contributed by atoms with Crippen LogP contribution < -0.4 is 0 Å². The molecule has 0 aliphatic heterocycles. The average Bonchev–Trinajstić information content (AvgIpc) is 2.62. The summed E-state index contributed by atoms with van der Waals surface area (Å²) in [6.07, 6.45) is -0.835. The van der Waals surface area contributed by atoms with Crippen molar-refractivity contribution in [1.29, 1.82) is 0 Å². The van der Waals surface area contributed by atoms with Gasteiger partial charge < -0.3 is 9.47 Å². The summed E-state index contributed by atoms with van der Waals surface area (Å²) in [7, 11) is 1.16. The van der Waals surface area contributed by atoms with E-state index in [1.165, 1.54) is 0 Å². The Balaban J connectivity index is 2.93. The summed E-state index contributed by atoms with van der Waals surface area (Å²) in [6.45, 7) is 5.06. The molecule has 0 bridgehead atoms. The van der Waals surface area contributed by atoms with Gasteiger partial charge in [0, 0.05) is 0 Å². The van der Waals surface area contributed by atoms with Crippen molar-refractivity contribution in [2.24, 2.45) is 0 Å². The fraction of sp³-hybridized carbons (Fsp3) is 0.625. The highest BCUT2D eigenvalue weighted by molar-refractivity contribution is 5.89. The number of hydrogen-bond acceptors (Lipinski definition) is 7. The summed E-state index contributed by atoms with van der Waals surface area (Å²) in [5.74, 6) is -1.13. The van der Waals surface area contributed by atoms with Crippen LogP contribution in [0.1, 0.15) is 31.4 Å². The fourth-order valence-corrected chi connectivity index (χ4v) is 0.834. The minimum atomic E-state index is -0.835. The number of methoxy groups -OCH3 is 1. The van der Waals surface area contributed by atoms with Crippen LogP contribution in [0.25, 0.3) is 0 Å². The van der Waals surface area contributed by atoms with E-state index in [1.807, 2.05) is 0 Å². The van der Waals surface area contributed by atoms with Crippen molar-refractivity contribution < 1.29 is 19.1 Å². The number of nitrogens with zero attached hydrogens (tertiary/aromatic N) is 4. The molecule has 0 atom stereocenters. The van der Waals surface area contributed by atoms with E-state index in [2.05, 4.69) is 20.3 Å². The minimum Gasteiger partial charge on any atom is -0.463 e. The molecule has 0 aromatic carbocycles. The molecule has 0 fully saturated rings. The van der Waals surface area contributed by atoms with Gasteiger partial charge in [0.2, 0.25) is 0 Å². The molecule has 0 aliphatic rings. The molecule has 0 unspecified atom stereocenters. The van der Waals surface area contributed by atoms with Crippen LogP contribution in [0.5, 0.6) is 0 Å². The Morgan fingerprint density at radius 1 is 1.31 bits per heavy atom. The number of esters is 1. The lowest BCUT2D eigenvalue weighted by Gasteiger charge is -2.18. The molecule has 1 aromatic heterocycles. The van der Waals surface area contributed by atoms with Gasteiger partial charge in [0.25, 0.3) is 5.82 Å². The molecule has 8 heteroatoms. The van der Waals surface area contributed by atoms with E-state index in [0.717, 1.165) is 7.11 Å². The summed E-state index contributed by atoms with van der Waals surface area (Å²) >= 11 is 0. The summed E-state index contributed by atoms with van der Waals surface area (Å²) in [5.41, 5.74) is -0.698. The van der Waals surface area contributed by atoms with Gasteiger partial charge in [-0.15, -0.1) is 9.78 Å². The molecule has 0 saturated carbocycles. The molecule has 0 aliphatic carbocycles. The van der Waals surface area contributed by atoms with Crippen molar-refractivity contribution in [3.63, 3.8) is 0 Å². The van der Waals surface area contributed by atoms with Gasteiger partial charge in [0.05, 0.1) is 7.11 Å². The van der Waals surface area contributed by atoms with E-state index in [1.54, 1.807) is 20.8 Å². The quantitative estimate of drug-likeness (QED) is 0.501. The highest BCUT2D eigenvalue weighted by Gasteiger charge is 2.25. The monoisotopic (exact) mass is 228 g/mol. The zero-order chi connectivity index (χ0) is 12.3. The highest BCUT2D eigenvalue weighted by Crippen LogP contribution is 2.09. The van der Waals surface area contributed by atoms with Crippen LogP contribution in [-0.2, 0) is 9.47 Å². The number of ether oxygens (including phenoxy) is 2. The molecule has 0 spiro atoms. The molecule has 0 saturated heterocycles. The third-order valence-corrected chi connectivity index (χ3v) is 1.40. The second kappa shape index (κ2) is 4.25. The predicted octanol–water partition coefficient (Wildman–Crippen LogP) is 0.243. The lowest BCUT2D eigenvalue weighted by molar-refractivity contribution is 0.0458. The Labute approximate surface area is 91.5 Å². The van der Waals surface area contributed by atoms with Gasteiger partial charge in [-0.05, 0) is 31.2 Å². The standard InChI is InChI=1S/C8H12N4O4/c1-8(2,3)16-7(14)12-5(6(13)15-4)9-10-11-12/h1-4H3. The first kappa shape index (κ1) is 12.1. The Kier molecular flexibility index (Phi) is 3.21. The van der Waals surface area contributed by atoms with Gasteiger partial charge in [0.1, 0.15) is 5.60 Å². The van der Waals surface area contributed by atoms with Crippen LogP contribution in [0.15, 0.2) is 0 Å². The van der Waals surface area contributed by atoms with Crippen LogP contribution in [0, 0.1) is 0 Å². The van der Waals surface area contributed by atoms with Crippen molar-refractivity contribution in [2.75, 3.05) is 7.11 Å². The zero-order valence-corrected chi connectivity index (χ0v) is 9.42. The molecular formula is C8H12N4O4. The number of rotatable bonds is 1. The van der Waals surface area contributed by atoms with Gasteiger partial charge in [-0.1, -0.05) is 0 Å². The summed E-state index contributed by atoms with van der Waals surface area (Å²) in [5, 5.41) is 9.92. The maximum absolute atomic E-state index is 11.6. The Morgan fingerprint density at radius 2 is 1.94 bits per heavy atom. The van der Waals surface area contributed by atoms with Crippen molar-refractivity contribution >= 4 is 12.1 Å². The fourth-order valence-electron chi connectivity index (χ4n) is 0.834.